The first kappa shape index (κ1) is 12.9. The largest absolute Gasteiger partial charge is 0.493 e. The molecule has 2 aliphatic rings. The number of ether oxygens (including phenoxy) is 1. The summed E-state index contributed by atoms with van der Waals surface area (Å²) in [4.78, 5) is 0. The van der Waals surface area contributed by atoms with Crippen LogP contribution in [0.5, 0.6) is 5.75 Å². The van der Waals surface area contributed by atoms with Gasteiger partial charge >= 0.3 is 0 Å². The van der Waals surface area contributed by atoms with Crippen LogP contribution in [0.2, 0.25) is 0 Å². The molecule has 0 saturated carbocycles. The zero-order valence-corrected chi connectivity index (χ0v) is 12.2. The molecule has 2 aromatic carbocycles. The smallest absolute Gasteiger partial charge is 0.124 e. The Morgan fingerprint density at radius 2 is 1.67 bits per heavy atom. The van der Waals surface area contributed by atoms with Gasteiger partial charge in [-0.15, -0.1) is 0 Å². The van der Waals surface area contributed by atoms with E-state index in [1.807, 2.05) is 0 Å². The molecule has 0 spiro atoms. The minimum absolute atomic E-state index is 0.443. The van der Waals surface area contributed by atoms with Crippen LogP contribution in [0.15, 0.2) is 48.5 Å². The first-order chi connectivity index (χ1) is 10.4. The summed E-state index contributed by atoms with van der Waals surface area (Å²) in [5.41, 5.74) is 4.40. The van der Waals surface area contributed by atoms with Gasteiger partial charge in [0.15, 0.2) is 0 Å². The molecule has 4 rings (SSSR count). The Balaban J connectivity index is 1.41. The summed E-state index contributed by atoms with van der Waals surface area (Å²) in [6.45, 7) is 1.91. The summed E-state index contributed by atoms with van der Waals surface area (Å²) < 4.78 is 5.74. The van der Waals surface area contributed by atoms with E-state index >= 15 is 0 Å². The molecule has 0 saturated heterocycles. The molecule has 1 unspecified atom stereocenters. The van der Waals surface area contributed by atoms with Crippen LogP contribution in [0.25, 0.3) is 0 Å². The fourth-order valence-electron chi connectivity index (χ4n) is 3.66. The quantitative estimate of drug-likeness (QED) is 0.928. The second-order valence-corrected chi connectivity index (χ2v) is 6.18. The van der Waals surface area contributed by atoms with Crippen LogP contribution < -0.4 is 10.1 Å². The van der Waals surface area contributed by atoms with Gasteiger partial charge in [0.25, 0.3) is 0 Å². The molecular formula is C19H21NO. The van der Waals surface area contributed by atoms with Crippen LogP contribution in [-0.2, 0) is 12.8 Å². The number of hydrogen-bond acceptors (Lipinski definition) is 2. The molecule has 1 aliphatic heterocycles. The summed E-state index contributed by atoms with van der Waals surface area (Å²) in [5.74, 6) is 1.79. The summed E-state index contributed by atoms with van der Waals surface area (Å²) in [5, 5.41) is 3.77. The summed E-state index contributed by atoms with van der Waals surface area (Å²) in [6.07, 6.45) is 3.50. The number of hydrogen-bond donors (Lipinski definition) is 1. The van der Waals surface area contributed by atoms with E-state index in [4.69, 9.17) is 4.74 Å². The van der Waals surface area contributed by atoms with Crippen molar-refractivity contribution in [3.8, 4) is 5.75 Å². The lowest BCUT2D eigenvalue weighted by molar-refractivity contribution is 0.248. The van der Waals surface area contributed by atoms with Gasteiger partial charge in [-0.25, -0.2) is 0 Å². The van der Waals surface area contributed by atoms with E-state index in [1.165, 1.54) is 29.5 Å². The Bertz CT molecular complexity index is 612. The molecule has 2 aromatic rings. The third-order valence-electron chi connectivity index (χ3n) is 4.75. The number of benzene rings is 2. The molecule has 108 valence electrons. The highest BCUT2D eigenvalue weighted by atomic mass is 16.5. The van der Waals surface area contributed by atoms with Gasteiger partial charge in [0.2, 0.25) is 0 Å². The minimum atomic E-state index is 0.443. The number of nitrogens with one attached hydrogen (secondary N) is 1. The van der Waals surface area contributed by atoms with Crippen molar-refractivity contribution in [2.24, 2.45) is 5.92 Å². The lowest BCUT2D eigenvalue weighted by atomic mass is 9.99. The number of fused-ring (bicyclic) bond motifs is 2. The third kappa shape index (κ3) is 2.56. The van der Waals surface area contributed by atoms with Crippen LogP contribution in [0.4, 0.5) is 0 Å². The molecule has 0 aromatic heterocycles. The summed E-state index contributed by atoms with van der Waals surface area (Å²) in [6, 6.07) is 17.7. The van der Waals surface area contributed by atoms with Crippen molar-refractivity contribution in [1.82, 2.24) is 5.32 Å². The Labute approximate surface area is 126 Å². The molecule has 1 N–H and O–H groups in total. The maximum atomic E-state index is 5.74. The van der Waals surface area contributed by atoms with Gasteiger partial charge in [-0.3, -0.25) is 0 Å². The van der Waals surface area contributed by atoms with Gasteiger partial charge in [0.05, 0.1) is 6.61 Å². The van der Waals surface area contributed by atoms with Gasteiger partial charge in [-0.2, -0.15) is 0 Å². The SMILES string of the molecule is c1ccc2c(c1)CC(CNC1CCOc3ccccc31)C2. The van der Waals surface area contributed by atoms with E-state index in [0.29, 0.717) is 6.04 Å². The molecule has 0 radical (unpaired) electrons. The van der Waals surface area contributed by atoms with E-state index in [9.17, 15) is 0 Å². The molecule has 21 heavy (non-hydrogen) atoms. The average molecular weight is 279 g/mol. The second kappa shape index (κ2) is 5.53. The maximum absolute atomic E-state index is 5.74. The number of rotatable bonds is 3. The standard InChI is InChI=1S/C19H21NO/c1-2-6-16-12-14(11-15(16)5-1)13-20-18-9-10-21-19-8-4-3-7-17(18)19/h1-8,14,18,20H,9-13H2. The van der Waals surface area contributed by atoms with E-state index in [2.05, 4.69) is 53.8 Å². The molecule has 2 heteroatoms. The third-order valence-corrected chi connectivity index (χ3v) is 4.75. The second-order valence-electron chi connectivity index (χ2n) is 6.18. The lowest BCUT2D eigenvalue weighted by Crippen LogP contribution is -2.31. The first-order valence-corrected chi connectivity index (χ1v) is 7.92. The van der Waals surface area contributed by atoms with Gasteiger partial charge in [-0.05, 0) is 42.5 Å². The molecular weight excluding hydrogens is 258 g/mol. The predicted octanol–water partition coefficient (Wildman–Crippen LogP) is 3.51. The van der Waals surface area contributed by atoms with Crippen LogP contribution in [0.1, 0.15) is 29.2 Å². The van der Waals surface area contributed by atoms with Gasteiger partial charge in [0.1, 0.15) is 5.75 Å². The average Bonchev–Trinajstić information content (AvgIpc) is 2.96. The zero-order valence-electron chi connectivity index (χ0n) is 12.2. The van der Waals surface area contributed by atoms with Crippen molar-refractivity contribution < 1.29 is 4.74 Å². The predicted molar refractivity (Wildman–Crippen MR) is 84.6 cm³/mol. The lowest BCUT2D eigenvalue weighted by Gasteiger charge is -2.27. The topological polar surface area (TPSA) is 21.3 Å². The van der Waals surface area contributed by atoms with Crippen molar-refractivity contribution >= 4 is 0 Å². The molecule has 2 nitrogen and oxygen atoms in total. The van der Waals surface area contributed by atoms with E-state index in [0.717, 1.165) is 31.2 Å². The van der Waals surface area contributed by atoms with Gasteiger partial charge < -0.3 is 10.1 Å². The Morgan fingerprint density at radius 3 is 2.48 bits per heavy atom. The zero-order chi connectivity index (χ0) is 14.1. The summed E-state index contributed by atoms with van der Waals surface area (Å²) in [7, 11) is 0. The van der Waals surface area contributed by atoms with E-state index in [-0.39, 0.29) is 0 Å². The molecule has 1 atom stereocenters. The van der Waals surface area contributed by atoms with Gasteiger partial charge in [0, 0.05) is 18.0 Å². The minimum Gasteiger partial charge on any atom is -0.493 e. The van der Waals surface area contributed by atoms with E-state index in [1.54, 1.807) is 0 Å². The molecule has 0 fully saturated rings. The van der Waals surface area contributed by atoms with Crippen LogP contribution >= 0.6 is 0 Å². The Hall–Kier alpha value is -1.80. The number of para-hydroxylation sites is 1. The molecule has 0 bridgehead atoms. The van der Waals surface area contributed by atoms with Crippen molar-refractivity contribution in [1.29, 1.82) is 0 Å². The van der Waals surface area contributed by atoms with Crippen molar-refractivity contribution in [3.05, 3.63) is 65.2 Å². The fraction of sp³-hybridized carbons (Fsp3) is 0.368. The Kier molecular flexibility index (Phi) is 3.40. The molecule has 0 amide bonds. The highest BCUT2D eigenvalue weighted by molar-refractivity contribution is 5.37. The van der Waals surface area contributed by atoms with Crippen LogP contribution in [-0.4, -0.2) is 13.2 Å². The van der Waals surface area contributed by atoms with Crippen molar-refractivity contribution in [3.63, 3.8) is 0 Å². The van der Waals surface area contributed by atoms with Crippen LogP contribution in [0.3, 0.4) is 0 Å². The normalized spacial score (nSPS) is 20.7. The highest BCUT2D eigenvalue weighted by Gasteiger charge is 2.24. The fourth-order valence-corrected chi connectivity index (χ4v) is 3.66. The Morgan fingerprint density at radius 1 is 0.952 bits per heavy atom. The van der Waals surface area contributed by atoms with Gasteiger partial charge in [-0.1, -0.05) is 42.5 Å². The first-order valence-electron chi connectivity index (χ1n) is 7.92. The molecule has 1 aliphatic carbocycles. The highest BCUT2D eigenvalue weighted by Crippen LogP contribution is 2.32. The van der Waals surface area contributed by atoms with Crippen molar-refractivity contribution in [2.75, 3.05) is 13.2 Å². The maximum Gasteiger partial charge on any atom is 0.124 e. The van der Waals surface area contributed by atoms with E-state index < -0.39 is 0 Å². The summed E-state index contributed by atoms with van der Waals surface area (Å²) >= 11 is 0. The van der Waals surface area contributed by atoms with Crippen molar-refractivity contribution in [2.45, 2.75) is 25.3 Å². The molecule has 1 heterocycles. The monoisotopic (exact) mass is 279 g/mol. The van der Waals surface area contributed by atoms with Crippen LogP contribution in [0, 0.1) is 5.92 Å².